The van der Waals surface area contributed by atoms with Crippen LogP contribution in [0.25, 0.3) is 0 Å². The van der Waals surface area contributed by atoms with E-state index in [-0.39, 0.29) is 5.41 Å². The highest BCUT2D eigenvalue weighted by Gasteiger charge is 2.17. The Kier molecular flexibility index (Phi) is 4.46. The van der Waals surface area contributed by atoms with Crippen LogP contribution in [0.2, 0.25) is 5.02 Å². The zero-order valence-corrected chi connectivity index (χ0v) is 12.1. The minimum absolute atomic E-state index is 0.211. The van der Waals surface area contributed by atoms with Crippen molar-refractivity contribution in [2.75, 3.05) is 14.2 Å². The summed E-state index contributed by atoms with van der Waals surface area (Å²) in [6, 6.07) is 3.37. The van der Waals surface area contributed by atoms with Gasteiger partial charge in [0.1, 0.15) is 23.0 Å². The molecule has 0 atom stereocenters. The number of aliphatic imine (C=N–C) groups is 1. The van der Waals surface area contributed by atoms with Crippen LogP contribution in [0.3, 0.4) is 0 Å². The molecular weight excluding hydrogens is 252 g/mol. The number of rotatable bonds is 3. The van der Waals surface area contributed by atoms with Crippen LogP contribution in [0.1, 0.15) is 20.8 Å². The number of nitrogens with zero attached hydrogens (tertiary/aromatic N) is 1. The first-order valence-corrected chi connectivity index (χ1v) is 5.93. The molecule has 2 N–H and O–H groups in total. The standard InChI is InChI=1S/C13H19ClN2O2/c1-13(2,3)12(15)16-9-6-8(14)10(17-4)7-11(9)18-5/h6-7H,1-5H3,(H2,15,16). The Morgan fingerprint density at radius 3 is 2.17 bits per heavy atom. The number of benzene rings is 1. The first-order chi connectivity index (χ1) is 8.29. The molecule has 0 aromatic heterocycles. The topological polar surface area (TPSA) is 56.8 Å². The van der Waals surface area contributed by atoms with Gasteiger partial charge in [0.2, 0.25) is 0 Å². The third-order valence-corrected chi connectivity index (χ3v) is 2.76. The smallest absolute Gasteiger partial charge is 0.148 e. The number of hydrogen-bond donors (Lipinski definition) is 1. The van der Waals surface area contributed by atoms with Crippen LogP contribution in [0.5, 0.6) is 11.5 Å². The normalized spacial score (nSPS) is 12.4. The summed E-state index contributed by atoms with van der Waals surface area (Å²) in [6.45, 7) is 5.97. The lowest BCUT2D eigenvalue weighted by Crippen LogP contribution is -2.28. The van der Waals surface area contributed by atoms with Crippen molar-refractivity contribution in [3.05, 3.63) is 17.2 Å². The highest BCUT2D eigenvalue weighted by atomic mass is 35.5. The van der Waals surface area contributed by atoms with E-state index in [2.05, 4.69) is 4.99 Å². The molecule has 0 spiro atoms. The van der Waals surface area contributed by atoms with Crippen molar-refractivity contribution < 1.29 is 9.47 Å². The van der Waals surface area contributed by atoms with Crippen LogP contribution in [0.4, 0.5) is 5.69 Å². The summed E-state index contributed by atoms with van der Waals surface area (Å²) in [6.07, 6.45) is 0. The quantitative estimate of drug-likeness (QED) is 0.677. The predicted molar refractivity (Wildman–Crippen MR) is 75.3 cm³/mol. The summed E-state index contributed by atoms with van der Waals surface area (Å²) in [5, 5.41) is 0.471. The second-order valence-corrected chi connectivity index (χ2v) is 5.31. The fourth-order valence-corrected chi connectivity index (χ4v) is 1.46. The van der Waals surface area contributed by atoms with Gasteiger partial charge in [0.05, 0.1) is 19.2 Å². The summed E-state index contributed by atoms with van der Waals surface area (Å²) in [5.74, 6) is 1.63. The zero-order valence-electron chi connectivity index (χ0n) is 11.4. The lowest BCUT2D eigenvalue weighted by Gasteiger charge is -2.18. The van der Waals surface area contributed by atoms with Gasteiger partial charge in [-0.2, -0.15) is 0 Å². The average molecular weight is 271 g/mol. The predicted octanol–water partition coefficient (Wildman–Crippen LogP) is 3.39. The number of halogens is 1. The van der Waals surface area contributed by atoms with Crippen LogP contribution in [-0.2, 0) is 0 Å². The number of ether oxygens (including phenoxy) is 2. The van der Waals surface area contributed by atoms with Gasteiger partial charge in [0.15, 0.2) is 0 Å². The monoisotopic (exact) mass is 270 g/mol. The summed E-state index contributed by atoms with van der Waals surface area (Å²) < 4.78 is 10.4. The molecule has 0 fully saturated rings. The maximum Gasteiger partial charge on any atom is 0.148 e. The Bertz CT molecular complexity index is 465. The molecule has 18 heavy (non-hydrogen) atoms. The molecule has 0 aliphatic carbocycles. The van der Waals surface area contributed by atoms with E-state index in [1.165, 1.54) is 0 Å². The fraction of sp³-hybridized carbons (Fsp3) is 0.462. The summed E-state index contributed by atoms with van der Waals surface area (Å²) in [4.78, 5) is 4.37. The highest BCUT2D eigenvalue weighted by Crippen LogP contribution is 2.38. The van der Waals surface area contributed by atoms with Crippen LogP contribution in [0, 0.1) is 5.41 Å². The maximum absolute atomic E-state index is 6.07. The first-order valence-electron chi connectivity index (χ1n) is 5.55. The van der Waals surface area contributed by atoms with Gasteiger partial charge < -0.3 is 15.2 Å². The Morgan fingerprint density at radius 2 is 1.72 bits per heavy atom. The number of amidine groups is 1. The van der Waals surface area contributed by atoms with Gasteiger partial charge in [-0.05, 0) is 6.07 Å². The van der Waals surface area contributed by atoms with E-state index in [1.54, 1.807) is 26.4 Å². The van der Waals surface area contributed by atoms with Crippen LogP contribution >= 0.6 is 11.6 Å². The number of hydrogen-bond acceptors (Lipinski definition) is 3. The summed E-state index contributed by atoms with van der Waals surface area (Å²) in [7, 11) is 3.11. The zero-order chi connectivity index (χ0) is 13.9. The molecule has 0 saturated carbocycles. The van der Waals surface area contributed by atoms with Crippen LogP contribution in [-0.4, -0.2) is 20.1 Å². The number of methoxy groups -OCH3 is 2. The minimum atomic E-state index is -0.211. The Labute approximate surface area is 113 Å². The third kappa shape index (κ3) is 3.29. The van der Waals surface area contributed by atoms with E-state index in [9.17, 15) is 0 Å². The van der Waals surface area contributed by atoms with Gasteiger partial charge in [-0.1, -0.05) is 32.4 Å². The number of nitrogens with two attached hydrogens (primary N) is 1. The molecule has 0 aliphatic rings. The van der Waals surface area contributed by atoms with Crippen molar-refractivity contribution in [1.82, 2.24) is 0 Å². The van der Waals surface area contributed by atoms with Crippen molar-refractivity contribution in [3.8, 4) is 11.5 Å². The SMILES string of the molecule is COc1cc(OC)c(N=C(N)C(C)(C)C)cc1Cl. The highest BCUT2D eigenvalue weighted by molar-refractivity contribution is 6.32. The average Bonchev–Trinajstić information content (AvgIpc) is 2.28. The Balaban J connectivity index is 3.29. The second-order valence-electron chi connectivity index (χ2n) is 4.91. The van der Waals surface area contributed by atoms with Gasteiger partial charge in [-0.25, -0.2) is 4.99 Å². The van der Waals surface area contributed by atoms with Gasteiger partial charge in [0, 0.05) is 11.5 Å². The van der Waals surface area contributed by atoms with Crippen molar-refractivity contribution in [2.45, 2.75) is 20.8 Å². The van der Waals surface area contributed by atoms with E-state index in [1.807, 2.05) is 20.8 Å². The second kappa shape index (κ2) is 5.48. The van der Waals surface area contributed by atoms with Crippen molar-refractivity contribution in [3.63, 3.8) is 0 Å². The van der Waals surface area contributed by atoms with Crippen molar-refractivity contribution in [1.29, 1.82) is 0 Å². The maximum atomic E-state index is 6.07. The third-order valence-electron chi connectivity index (χ3n) is 2.46. The lowest BCUT2D eigenvalue weighted by molar-refractivity contribution is 0.395. The Hall–Kier alpha value is -1.42. The molecule has 1 aromatic carbocycles. The molecule has 5 heteroatoms. The lowest BCUT2D eigenvalue weighted by atomic mass is 9.95. The molecule has 0 unspecified atom stereocenters. The molecule has 1 rings (SSSR count). The molecule has 0 bridgehead atoms. The molecule has 0 saturated heterocycles. The van der Waals surface area contributed by atoms with Gasteiger partial charge in [0.25, 0.3) is 0 Å². The molecule has 100 valence electrons. The minimum Gasteiger partial charge on any atom is -0.495 e. The Morgan fingerprint density at radius 1 is 1.17 bits per heavy atom. The molecular formula is C13H19ClN2O2. The first kappa shape index (κ1) is 14.6. The van der Waals surface area contributed by atoms with Crippen LogP contribution in [0.15, 0.2) is 17.1 Å². The van der Waals surface area contributed by atoms with E-state index in [0.29, 0.717) is 28.0 Å². The van der Waals surface area contributed by atoms with Crippen molar-refractivity contribution in [2.24, 2.45) is 16.1 Å². The molecule has 0 radical (unpaired) electrons. The molecule has 0 heterocycles. The van der Waals surface area contributed by atoms with E-state index >= 15 is 0 Å². The van der Waals surface area contributed by atoms with E-state index < -0.39 is 0 Å². The summed E-state index contributed by atoms with van der Waals surface area (Å²) in [5.41, 5.74) is 6.33. The summed E-state index contributed by atoms with van der Waals surface area (Å²) >= 11 is 6.07. The molecule has 1 aromatic rings. The van der Waals surface area contributed by atoms with Gasteiger partial charge in [-0.15, -0.1) is 0 Å². The van der Waals surface area contributed by atoms with Crippen LogP contribution < -0.4 is 15.2 Å². The van der Waals surface area contributed by atoms with Crippen molar-refractivity contribution >= 4 is 23.1 Å². The largest absolute Gasteiger partial charge is 0.495 e. The fourth-order valence-electron chi connectivity index (χ4n) is 1.23. The van der Waals surface area contributed by atoms with Gasteiger partial charge in [-0.3, -0.25) is 0 Å². The molecule has 4 nitrogen and oxygen atoms in total. The molecule has 0 aliphatic heterocycles. The van der Waals surface area contributed by atoms with E-state index in [0.717, 1.165) is 0 Å². The molecule has 0 amide bonds. The van der Waals surface area contributed by atoms with Gasteiger partial charge >= 0.3 is 0 Å². The van der Waals surface area contributed by atoms with E-state index in [4.69, 9.17) is 26.8 Å².